The Labute approximate surface area is 171 Å². The zero-order valence-corrected chi connectivity index (χ0v) is 17.2. The Morgan fingerprint density at radius 1 is 1.31 bits per heavy atom. The number of rotatable bonds is 7. The number of hydrogen-bond acceptors (Lipinski definition) is 4. The van der Waals surface area contributed by atoms with E-state index in [1.165, 1.54) is 11.1 Å². The van der Waals surface area contributed by atoms with Gasteiger partial charge in [0.15, 0.2) is 5.96 Å². The summed E-state index contributed by atoms with van der Waals surface area (Å²) < 4.78 is 10.7. The lowest BCUT2D eigenvalue weighted by Gasteiger charge is -2.12. The average Bonchev–Trinajstić information content (AvgIpc) is 3.30. The van der Waals surface area contributed by atoms with Crippen molar-refractivity contribution in [2.45, 2.75) is 25.9 Å². The third-order valence-electron chi connectivity index (χ3n) is 4.10. The van der Waals surface area contributed by atoms with E-state index < -0.39 is 6.10 Å². The van der Waals surface area contributed by atoms with E-state index >= 15 is 0 Å². The molecule has 0 radical (unpaired) electrons. The zero-order chi connectivity index (χ0) is 17.5. The molecule has 0 aliphatic carbocycles. The summed E-state index contributed by atoms with van der Waals surface area (Å²) in [4.78, 5) is 4.42. The molecule has 0 fully saturated rings. The summed E-state index contributed by atoms with van der Waals surface area (Å²) in [6, 6.07) is 9.88. The molecule has 1 unspecified atom stereocenters. The van der Waals surface area contributed by atoms with Crippen molar-refractivity contribution in [3.8, 4) is 5.75 Å². The summed E-state index contributed by atoms with van der Waals surface area (Å²) in [6.45, 7) is 4.58. The molecule has 0 amide bonds. The second-order valence-corrected chi connectivity index (χ2v) is 5.97. The molecule has 1 aliphatic heterocycles. The number of benzene rings is 1. The molecule has 1 atom stereocenters. The molecule has 2 aromatic rings. The molecule has 142 valence electrons. The molecule has 3 N–H and O–H groups in total. The summed E-state index contributed by atoms with van der Waals surface area (Å²) in [6.07, 6.45) is 2.71. The van der Waals surface area contributed by atoms with Crippen LogP contribution in [0.3, 0.4) is 0 Å². The van der Waals surface area contributed by atoms with E-state index in [4.69, 9.17) is 9.15 Å². The van der Waals surface area contributed by atoms with Gasteiger partial charge in [0.1, 0.15) is 17.6 Å². The first-order valence-corrected chi connectivity index (χ1v) is 8.74. The fraction of sp³-hybridized carbons (Fsp3) is 0.421. The van der Waals surface area contributed by atoms with Gasteiger partial charge in [-0.05, 0) is 42.7 Å². The summed E-state index contributed by atoms with van der Waals surface area (Å²) in [5.41, 5.74) is 2.57. The van der Waals surface area contributed by atoms with Crippen molar-refractivity contribution in [1.29, 1.82) is 0 Å². The minimum Gasteiger partial charge on any atom is -0.493 e. The van der Waals surface area contributed by atoms with E-state index in [9.17, 15) is 5.11 Å². The number of halogens is 1. The highest BCUT2D eigenvalue weighted by atomic mass is 127. The first-order chi connectivity index (χ1) is 12.3. The van der Waals surface area contributed by atoms with Crippen LogP contribution in [0.4, 0.5) is 0 Å². The fourth-order valence-corrected chi connectivity index (χ4v) is 2.81. The van der Waals surface area contributed by atoms with Crippen LogP contribution < -0.4 is 15.4 Å². The molecule has 1 aliphatic rings. The number of fused-ring (bicyclic) bond motifs is 1. The van der Waals surface area contributed by atoms with Crippen molar-refractivity contribution < 1.29 is 14.3 Å². The molecule has 7 heteroatoms. The van der Waals surface area contributed by atoms with Crippen LogP contribution in [-0.2, 0) is 12.8 Å². The van der Waals surface area contributed by atoms with E-state index in [-0.39, 0.29) is 30.5 Å². The number of ether oxygens (including phenoxy) is 1. The van der Waals surface area contributed by atoms with Crippen molar-refractivity contribution in [2.24, 2.45) is 4.99 Å². The maximum absolute atomic E-state index is 10.1. The van der Waals surface area contributed by atoms with Crippen molar-refractivity contribution in [3.05, 3.63) is 53.5 Å². The molecule has 3 rings (SSSR count). The summed E-state index contributed by atoms with van der Waals surface area (Å²) in [7, 11) is 0. The summed E-state index contributed by atoms with van der Waals surface area (Å²) in [5, 5.41) is 16.5. The van der Waals surface area contributed by atoms with Crippen LogP contribution >= 0.6 is 24.0 Å². The van der Waals surface area contributed by atoms with Gasteiger partial charge in [0.05, 0.1) is 19.4 Å². The van der Waals surface area contributed by atoms with Crippen LogP contribution in [0.5, 0.6) is 5.75 Å². The van der Waals surface area contributed by atoms with Crippen molar-refractivity contribution in [2.75, 3.05) is 26.2 Å². The molecule has 2 heterocycles. The zero-order valence-electron chi connectivity index (χ0n) is 14.9. The molecule has 0 bridgehead atoms. The van der Waals surface area contributed by atoms with Gasteiger partial charge in [-0.3, -0.25) is 4.99 Å². The second kappa shape index (κ2) is 10.4. The van der Waals surface area contributed by atoms with Crippen molar-refractivity contribution >= 4 is 29.9 Å². The second-order valence-electron chi connectivity index (χ2n) is 5.97. The highest BCUT2D eigenvalue weighted by Gasteiger charge is 2.12. The molecule has 1 aromatic heterocycles. The lowest BCUT2D eigenvalue weighted by molar-refractivity contribution is 0.158. The van der Waals surface area contributed by atoms with Gasteiger partial charge in [0.25, 0.3) is 0 Å². The van der Waals surface area contributed by atoms with Gasteiger partial charge >= 0.3 is 0 Å². The number of nitrogens with one attached hydrogen (secondary N) is 2. The maximum Gasteiger partial charge on any atom is 0.191 e. The summed E-state index contributed by atoms with van der Waals surface area (Å²) in [5.74, 6) is 2.23. The minimum absolute atomic E-state index is 0. The number of guanidine groups is 1. The van der Waals surface area contributed by atoms with Gasteiger partial charge in [-0.2, -0.15) is 0 Å². The van der Waals surface area contributed by atoms with Gasteiger partial charge < -0.3 is 24.9 Å². The maximum atomic E-state index is 10.1. The number of furan rings is 1. The van der Waals surface area contributed by atoms with Crippen LogP contribution in [-0.4, -0.2) is 37.3 Å². The largest absolute Gasteiger partial charge is 0.493 e. The topological polar surface area (TPSA) is 79.0 Å². The van der Waals surface area contributed by atoms with Gasteiger partial charge in [-0.15, -0.1) is 24.0 Å². The predicted molar refractivity (Wildman–Crippen MR) is 112 cm³/mol. The Morgan fingerprint density at radius 3 is 2.96 bits per heavy atom. The molecule has 6 nitrogen and oxygen atoms in total. The third-order valence-corrected chi connectivity index (χ3v) is 4.10. The summed E-state index contributed by atoms with van der Waals surface area (Å²) >= 11 is 0. The fourth-order valence-electron chi connectivity index (χ4n) is 2.81. The van der Waals surface area contributed by atoms with Crippen LogP contribution in [0.1, 0.15) is 29.9 Å². The Balaban J connectivity index is 0.00000243. The van der Waals surface area contributed by atoms with Crippen LogP contribution in [0.15, 0.2) is 46.0 Å². The van der Waals surface area contributed by atoms with Gasteiger partial charge in [0, 0.05) is 19.5 Å². The van der Waals surface area contributed by atoms with Crippen LogP contribution in [0.25, 0.3) is 0 Å². The number of nitrogens with zero attached hydrogens (tertiary/aromatic N) is 1. The predicted octanol–water partition coefficient (Wildman–Crippen LogP) is 2.66. The molecule has 0 saturated carbocycles. The van der Waals surface area contributed by atoms with E-state index in [0.29, 0.717) is 11.7 Å². The number of hydrogen-bond donors (Lipinski definition) is 3. The molecular weight excluding hydrogens is 445 g/mol. The third kappa shape index (κ3) is 5.63. The number of aliphatic imine (C=N–C) groups is 1. The highest BCUT2D eigenvalue weighted by molar-refractivity contribution is 14.0. The molecule has 26 heavy (non-hydrogen) atoms. The monoisotopic (exact) mass is 471 g/mol. The van der Waals surface area contributed by atoms with Crippen molar-refractivity contribution in [3.63, 3.8) is 0 Å². The Kier molecular flexibility index (Phi) is 8.24. The van der Waals surface area contributed by atoms with E-state index in [0.717, 1.165) is 38.3 Å². The standard InChI is InChI=1S/C19H25N3O3.HI/c1-2-20-19(22-13-16(23)18-4-3-10-24-18)21-9-7-14-5-6-17-15(12-14)8-11-25-17;/h3-6,10,12,16,23H,2,7-9,11,13H2,1H3,(H2,20,21,22);1H. The number of aliphatic hydroxyl groups excluding tert-OH is 1. The van der Waals surface area contributed by atoms with Crippen LogP contribution in [0, 0.1) is 0 Å². The highest BCUT2D eigenvalue weighted by Crippen LogP contribution is 2.25. The van der Waals surface area contributed by atoms with E-state index in [1.54, 1.807) is 18.4 Å². The molecule has 0 spiro atoms. The minimum atomic E-state index is -0.734. The van der Waals surface area contributed by atoms with Crippen LogP contribution in [0.2, 0.25) is 0 Å². The van der Waals surface area contributed by atoms with Crippen molar-refractivity contribution in [1.82, 2.24) is 10.6 Å². The lowest BCUT2D eigenvalue weighted by atomic mass is 10.1. The molecule has 0 saturated heterocycles. The van der Waals surface area contributed by atoms with Gasteiger partial charge in [0.2, 0.25) is 0 Å². The van der Waals surface area contributed by atoms with Gasteiger partial charge in [-0.1, -0.05) is 12.1 Å². The number of aliphatic hydroxyl groups is 1. The smallest absolute Gasteiger partial charge is 0.191 e. The molecular formula is C19H26IN3O3. The average molecular weight is 471 g/mol. The first-order valence-electron chi connectivity index (χ1n) is 8.74. The quantitative estimate of drug-likeness (QED) is 0.329. The van der Waals surface area contributed by atoms with E-state index in [2.05, 4.69) is 33.8 Å². The van der Waals surface area contributed by atoms with Gasteiger partial charge in [-0.25, -0.2) is 0 Å². The Hall–Kier alpha value is -1.74. The Bertz CT molecular complexity index is 704. The lowest BCUT2D eigenvalue weighted by Crippen LogP contribution is -2.38. The normalized spacial score (nSPS) is 14.2. The Morgan fingerprint density at radius 2 is 2.19 bits per heavy atom. The first kappa shape index (κ1) is 20.6. The van der Waals surface area contributed by atoms with E-state index in [1.807, 2.05) is 6.92 Å². The SMILES string of the molecule is CCNC(=NCC(O)c1ccco1)NCCc1ccc2c(c1)CCO2.I. The molecule has 1 aromatic carbocycles.